The van der Waals surface area contributed by atoms with E-state index < -0.39 is 5.97 Å². The lowest BCUT2D eigenvalue weighted by atomic mass is 9.42. The summed E-state index contributed by atoms with van der Waals surface area (Å²) in [5.74, 6) is -0.157. The zero-order chi connectivity index (χ0) is 23.4. The largest absolute Gasteiger partial charge is 0.496 e. The maximum absolute atomic E-state index is 13.2. The van der Waals surface area contributed by atoms with Crippen molar-refractivity contribution in [3.05, 3.63) is 53.5 Å². The minimum atomic E-state index is -0.461. The number of methoxy groups -OCH3 is 1. The average Bonchev–Trinajstić information content (AvgIpc) is 3.32. The quantitative estimate of drug-likeness (QED) is 0.482. The number of esters is 2. The Labute approximate surface area is 195 Å². The number of ether oxygens (including phenoxy) is 2. The monoisotopic (exact) mass is 451 g/mol. The minimum Gasteiger partial charge on any atom is -0.496 e. The van der Waals surface area contributed by atoms with Crippen LogP contribution in [0.25, 0.3) is 0 Å². The minimum absolute atomic E-state index is 0.0573. The van der Waals surface area contributed by atoms with Crippen LogP contribution in [0, 0.1) is 11.3 Å². The molecule has 4 bridgehead atoms. The second kappa shape index (κ2) is 8.01. The summed E-state index contributed by atoms with van der Waals surface area (Å²) in [5.41, 5.74) is 3.43. The van der Waals surface area contributed by atoms with Gasteiger partial charge in [0.25, 0.3) is 0 Å². The van der Waals surface area contributed by atoms with Gasteiger partial charge in [0, 0.05) is 17.5 Å². The number of rotatable bonds is 6. The first-order valence-electron chi connectivity index (χ1n) is 12.0. The number of nitrogens with zero attached hydrogens (tertiary/aromatic N) is 1. The highest BCUT2D eigenvalue weighted by molar-refractivity contribution is 5.87. The van der Waals surface area contributed by atoms with Crippen molar-refractivity contribution >= 4 is 11.9 Å². The Kier molecular flexibility index (Phi) is 5.39. The summed E-state index contributed by atoms with van der Waals surface area (Å²) in [6.07, 6.45) is 6.40. The third-order valence-electron chi connectivity index (χ3n) is 8.97. The number of benzene rings is 1. The summed E-state index contributed by atoms with van der Waals surface area (Å²) in [6, 6.07) is 8.59. The molecule has 6 nitrogen and oxygen atoms in total. The Morgan fingerprint density at radius 3 is 2.73 bits per heavy atom. The van der Waals surface area contributed by atoms with E-state index in [-0.39, 0.29) is 35.2 Å². The van der Waals surface area contributed by atoms with Gasteiger partial charge in [0.15, 0.2) is 0 Å². The summed E-state index contributed by atoms with van der Waals surface area (Å²) >= 11 is 0. The van der Waals surface area contributed by atoms with Gasteiger partial charge in [-0.2, -0.15) is 0 Å². The molecule has 0 amide bonds. The van der Waals surface area contributed by atoms with E-state index in [9.17, 15) is 9.59 Å². The normalized spacial score (nSPS) is 32.3. The van der Waals surface area contributed by atoms with Crippen LogP contribution in [0.1, 0.15) is 56.7 Å². The Hall–Kier alpha value is -2.60. The number of hydrogen-bond acceptors (Lipinski definition) is 6. The van der Waals surface area contributed by atoms with E-state index in [1.807, 2.05) is 6.07 Å². The molecular weight excluding hydrogens is 418 g/mol. The van der Waals surface area contributed by atoms with E-state index in [2.05, 4.69) is 43.9 Å². The van der Waals surface area contributed by atoms with E-state index in [0.717, 1.165) is 37.1 Å². The van der Waals surface area contributed by atoms with Crippen molar-refractivity contribution in [1.82, 2.24) is 4.90 Å². The van der Waals surface area contributed by atoms with Crippen molar-refractivity contribution in [1.29, 1.82) is 0 Å². The Bertz CT molecular complexity index is 1060. The topological polar surface area (TPSA) is 69.0 Å². The van der Waals surface area contributed by atoms with Gasteiger partial charge in [-0.1, -0.05) is 32.9 Å². The van der Waals surface area contributed by atoms with E-state index in [4.69, 9.17) is 13.9 Å². The highest BCUT2D eigenvalue weighted by atomic mass is 16.6. The van der Waals surface area contributed by atoms with Gasteiger partial charge in [0.2, 0.25) is 0 Å². The number of likely N-dealkylation sites (N-methyl/N-ethyl adjacent to an activating group) is 1. The molecule has 6 rings (SSSR count). The summed E-state index contributed by atoms with van der Waals surface area (Å²) < 4.78 is 16.2. The van der Waals surface area contributed by atoms with Gasteiger partial charge in [0.1, 0.15) is 5.75 Å². The van der Waals surface area contributed by atoms with E-state index >= 15 is 0 Å². The molecular formula is C27H33NO5. The molecule has 1 aromatic carbocycles. The Balaban J connectivity index is 1.39. The fraction of sp³-hybridized carbons (Fsp3) is 0.556. The molecule has 0 radical (unpaired) electrons. The molecule has 1 saturated carbocycles. The molecule has 176 valence electrons. The van der Waals surface area contributed by atoms with Gasteiger partial charge in [-0.25, -0.2) is 0 Å². The molecule has 6 heteroatoms. The number of carbonyl (C=O) groups is 2. The highest BCUT2D eigenvalue weighted by Gasteiger charge is 2.67. The predicted octanol–water partition coefficient (Wildman–Crippen LogP) is 4.29. The molecule has 5 atom stereocenters. The van der Waals surface area contributed by atoms with E-state index in [1.54, 1.807) is 19.6 Å². The number of aryl methyl sites for hydroxylation is 1. The van der Waals surface area contributed by atoms with Gasteiger partial charge in [0.05, 0.1) is 32.0 Å². The molecule has 0 spiro atoms. The second-order valence-corrected chi connectivity index (χ2v) is 10.3. The zero-order valence-corrected chi connectivity index (χ0v) is 19.9. The standard InChI is InChI=1S/C27H33NO5/c1-5-28-21-15-26(2)20-7-6-8-22(31-4)18(20)13-23(28)27(26,3)14-19(21)25(30)33-24(29)10-9-17-11-12-32-16-17/h6-8,11-12,16,19,21,23H,5,9-10,13-15H2,1-4H3/t19?,21?,23?,26-,27+/m1/s1. The van der Waals surface area contributed by atoms with Crippen LogP contribution in [0.3, 0.4) is 0 Å². The van der Waals surface area contributed by atoms with Crippen LogP contribution in [0.2, 0.25) is 0 Å². The highest BCUT2D eigenvalue weighted by Crippen LogP contribution is 2.65. The van der Waals surface area contributed by atoms with Gasteiger partial charge in [-0.3, -0.25) is 14.5 Å². The van der Waals surface area contributed by atoms with Crippen molar-refractivity contribution < 1.29 is 23.5 Å². The summed E-state index contributed by atoms with van der Waals surface area (Å²) in [4.78, 5) is 28.1. The van der Waals surface area contributed by atoms with E-state index in [0.29, 0.717) is 12.5 Å². The maximum Gasteiger partial charge on any atom is 0.318 e. The van der Waals surface area contributed by atoms with Gasteiger partial charge >= 0.3 is 11.9 Å². The van der Waals surface area contributed by atoms with Crippen molar-refractivity contribution in [2.75, 3.05) is 13.7 Å². The lowest BCUT2D eigenvalue weighted by Crippen LogP contribution is -2.74. The average molecular weight is 452 g/mol. The van der Waals surface area contributed by atoms with Gasteiger partial charge in [-0.15, -0.1) is 0 Å². The zero-order valence-electron chi connectivity index (χ0n) is 19.9. The first kappa shape index (κ1) is 22.2. The van der Waals surface area contributed by atoms with Crippen LogP contribution in [-0.2, 0) is 32.6 Å². The van der Waals surface area contributed by atoms with Crippen LogP contribution >= 0.6 is 0 Å². The SMILES string of the molecule is CCN1C2C[C@]3(C)c4cccc(OC)c4CC1[C@]3(C)CC2C(=O)OC(=O)CCc1ccoc1. The van der Waals surface area contributed by atoms with Gasteiger partial charge in [-0.05, 0) is 66.5 Å². The lowest BCUT2D eigenvalue weighted by molar-refractivity contribution is -0.187. The van der Waals surface area contributed by atoms with Crippen LogP contribution in [0.15, 0.2) is 41.2 Å². The summed E-state index contributed by atoms with van der Waals surface area (Å²) in [6.45, 7) is 7.72. The first-order chi connectivity index (χ1) is 15.8. The van der Waals surface area contributed by atoms with Crippen molar-refractivity contribution in [3.8, 4) is 5.75 Å². The Morgan fingerprint density at radius 1 is 1.21 bits per heavy atom. The fourth-order valence-electron chi connectivity index (χ4n) is 7.11. The third-order valence-corrected chi connectivity index (χ3v) is 8.97. The fourth-order valence-corrected chi connectivity index (χ4v) is 7.11. The molecule has 3 unspecified atom stereocenters. The van der Waals surface area contributed by atoms with Gasteiger partial charge < -0.3 is 13.9 Å². The van der Waals surface area contributed by atoms with Crippen LogP contribution < -0.4 is 4.74 Å². The molecule has 0 N–H and O–H groups in total. The predicted molar refractivity (Wildman–Crippen MR) is 123 cm³/mol. The molecule has 2 aliphatic heterocycles. The Morgan fingerprint density at radius 2 is 2.03 bits per heavy atom. The molecule has 3 heterocycles. The van der Waals surface area contributed by atoms with Crippen molar-refractivity contribution in [2.45, 2.75) is 70.4 Å². The molecule has 2 saturated heterocycles. The summed E-state index contributed by atoms with van der Waals surface area (Å²) in [7, 11) is 1.74. The van der Waals surface area contributed by atoms with Crippen molar-refractivity contribution in [2.24, 2.45) is 11.3 Å². The van der Waals surface area contributed by atoms with Crippen LogP contribution in [0.5, 0.6) is 5.75 Å². The van der Waals surface area contributed by atoms with Crippen LogP contribution in [-0.4, -0.2) is 42.6 Å². The number of carbonyl (C=O) groups excluding carboxylic acids is 2. The second-order valence-electron chi connectivity index (χ2n) is 10.3. The third kappa shape index (κ3) is 3.25. The van der Waals surface area contributed by atoms with Crippen LogP contribution in [0.4, 0.5) is 0 Å². The molecule has 3 fully saturated rings. The first-order valence-corrected chi connectivity index (χ1v) is 12.0. The van der Waals surface area contributed by atoms with E-state index in [1.165, 1.54) is 11.1 Å². The lowest BCUT2D eigenvalue weighted by Gasteiger charge is -2.70. The molecule has 4 aliphatic rings. The summed E-state index contributed by atoms with van der Waals surface area (Å²) in [5, 5.41) is 0. The molecule has 33 heavy (non-hydrogen) atoms. The molecule has 1 aromatic heterocycles. The number of furan rings is 1. The molecule has 2 aromatic rings. The number of hydrogen-bond donors (Lipinski definition) is 0. The van der Waals surface area contributed by atoms with Crippen molar-refractivity contribution in [3.63, 3.8) is 0 Å². The number of fused-ring (bicyclic) bond motifs is 2. The number of piperidine rings is 2. The smallest absolute Gasteiger partial charge is 0.318 e. The molecule has 2 aliphatic carbocycles. The maximum atomic E-state index is 13.2.